The summed E-state index contributed by atoms with van der Waals surface area (Å²) in [6.45, 7) is 4.20. The highest BCUT2D eigenvalue weighted by atomic mass is 16.5. The van der Waals surface area contributed by atoms with Crippen LogP contribution in [0, 0.1) is 0 Å². The Balaban J connectivity index is 2.71. The average molecular weight is 279 g/mol. The van der Waals surface area contributed by atoms with E-state index in [1.54, 1.807) is 7.11 Å². The Labute approximate surface area is 123 Å². The molecule has 0 saturated carbocycles. The maximum Gasteiger partial charge on any atom is 0.118 e. The molecule has 1 rings (SSSR count). The third kappa shape index (κ3) is 5.12. The highest BCUT2D eigenvalue weighted by Crippen LogP contribution is 2.24. The largest absolute Gasteiger partial charge is 0.497 e. The summed E-state index contributed by atoms with van der Waals surface area (Å²) in [4.78, 5) is 4.55. The second-order valence-corrected chi connectivity index (χ2v) is 5.71. The van der Waals surface area contributed by atoms with E-state index in [9.17, 15) is 0 Å². The van der Waals surface area contributed by atoms with Crippen molar-refractivity contribution in [3.05, 3.63) is 29.8 Å². The predicted molar refractivity (Wildman–Crippen MR) is 85.2 cm³/mol. The Kier molecular flexibility index (Phi) is 6.99. The molecular formula is C16H29N3O. The van der Waals surface area contributed by atoms with Gasteiger partial charge in [0.1, 0.15) is 5.75 Å². The zero-order chi connectivity index (χ0) is 15.1. The SMILES string of the molecule is COc1ccc(C(C(C)N)N(C)CCCN(C)C)cc1. The van der Waals surface area contributed by atoms with E-state index in [1.165, 1.54) is 5.56 Å². The van der Waals surface area contributed by atoms with E-state index in [4.69, 9.17) is 10.5 Å². The normalized spacial score (nSPS) is 14.6. The van der Waals surface area contributed by atoms with Gasteiger partial charge in [0.15, 0.2) is 0 Å². The summed E-state index contributed by atoms with van der Waals surface area (Å²) in [5.41, 5.74) is 7.43. The van der Waals surface area contributed by atoms with Crippen molar-refractivity contribution in [2.45, 2.75) is 25.4 Å². The number of rotatable bonds is 8. The Morgan fingerprint density at radius 1 is 1.10 bits per heavy atom. The maximum absolute atomic E-state index is 6.19. The quantitative estimate of drug-likeness (QED) is 0.790. The van der Waals surface area contributed by atoms with Crippen LogP contribution in [0.25, 0.3) is 0 Å². The Bertz CT molecular complexity index is 376. The Morgan fingerprint density at radius 2 is 1.70 bits per heavy atom. The molecular weight excluding hydrogens is 250 g/mol. The third-order valence-electron chi connectivity index (χ3n) is 3.55. The second-order valence-electron chi connectivity index (χ2n) is 5.71. The number of nitrogens with two attached hydrogens (primary N) is 1. The molecule has 0 aliphatic heterocycles. The average Bonchev–Trinajstić information content (AvgIpc) is 2.39. The van der Waals surface area contributed by atoms with Crippen LogP contribution in [-0.2, 0) is 0 Å². The monoisotopic (exact) mass is 279 g/mol. The maximum atomic E-state index is 6.19. The number of nitrogens with zero attached hydrogens (tertiary/aromatic N) is 2. The molecule has 114 valence electrons. The van der Waals surface area contributed by atoms with E-state index in [-0.39, 0.29) is 12.1 Å². The summed E-state index contributed by atoms with van der Waals surface area (Å²) >= 11 is 0. The van der Waals surface area contributed by atoms with Crippen LogP contribution in [0.1, 0.15) is 24.9 Å². The molecule has 0 amide bonds. The fourth-order valence-corrected chi connectivity index (χ4v) is 2.54. The molecule has 0 aliphatic carbocycles. The molecule has 1 aromatic rings. The van der Waals surface area contributed by atoms with Crippen molar-refractivity contribution in [2.24, 2.45) is 5.73 Å². The van der Waals surface area contributed by atoms with Crippen LogP contribution in [0.15, 0.2) is 24.3 Å². The molecule has 0 bridgehead atoms. The Hall–Kier alpha value is -1.10. The molecule has 0 aromatic heterocycles. The van der Waals surface area contributed by atoms with Gasteiger partial charge in [0.2, 0.25) is 0 Å². The van der Waals surface area contributed by atoms with Gasteiger partial charge in [-0.25, -0.2) is 0 Å². The zero-order valence-corrected chi connectivity index (χ0v) is 13.5. The summed E-state index contributed by atoms with van der Waals surface area (Å²) < 4.78 is 5.21. The van der Waals surface area contributed by atoms with Crippen molar-refractivity contribution in [1.82, 2.24) is 9.80 Å². The first-order chi connectivity index (χ1) is 9.45. The first kappa shape index (κ1) is 17.0. The van der Waals surface area contributed by atoms with Gasteiger partial charge in [0, 0.05) is 12.1 Å². The lowest BCUT2D eigenvalue weighted by Crippen LogP contribution is -2.38. The van der Waals surface area contributed by atoms with Crippen LogP contribution < -0.4 is 10.5 Å². The first-order valence-corrected chi connectivity index (χ1v) is 7.20. The molecule has 4 nitrogen and oxygen atoms in total. The minimum absolute atomic E-state index is 0.0905. The number of hydrogen-bond donors (Lipinski definition) is 1. The lowest BCUT2D eigenvalue weighted by atomic mass is 9.99. The van der Waals surface area contributed by atoms with Crippen LogP contribution in [0.3, 0.4) is 0 Å². The van der Waals surface area contributed by atoms with E-state index in [0.29, 0.717) is 0 Å². The molecule has 2 N–H and O–H groups in total. The molecule has 0 aliphatic rings. The molecule has 2 unspecified atom stereocenters. The van der Waals surface area contributed by atoms with Gasteiger partial charge in [0.05, 0.1) is 7.11 Å². The van der Waals surface area contributed by atoms with Gasteiger partial charge >= 0.3 is 0 Å². The van der Waals surface area contributed by atoms with Gasteiger partial charge < -0.3 is 15.4 Å². The molecule has 0 saturated heterocycles. The van der Waals surface area contributed by atoms with Gasteiger partial charge in [-0.05, 0) is 65.3 Å². The lowest BCUT2D eigenvalue weighted by molar-refractivity contribution is 0.208. The lowest BCUT2D eigenvalue weighted by Gasteiger charge is -2.32. The van der Waals surface area contributed by atoms with Crippen LogP contribution >= 0.6 is 0 Å². The van der Waals surface area contributed by atoms with Gasteiger partial charge in [-0.2, -0.15) is 0 Å². The van der Waals surface area contributed by atoms with Gasteiger partial charge in [0.25, 0.3) is 0 Å². The van der Waals surface area contributed by atoms with Crippen LogP contribution in [0.2, 0.25) is 0 Å². The summed E-state index contributed by atoms with van der Waals surface area (Å²) in [6, 6.07) is 8.54. The van der Waals surface area contributed by atoms with Crippen molar-refractivity contribution >= 4 is 0 Å². The second kappa shape index (κ2) is 8.25. The van der Waals surface area contributed by atoms with Gasteiger partial charge in [-0.3, -0.25) is 4.90 Å². The smallest absolute Gasteiger partial charge is 0.118 e. The minimum atomic E-state index is 0.0905. The van der Waals surface area contributed by atoms with Crippen LogP contribution in [-0.4, -0.2) is 57.2 Å². The first-order valence-electron chi connectivity index (χ1n) is 7.20. The summed E-state index contributed by atoms with van der Waals surface area (Å²) in [5, 5.41) is 0. The summed E-state index contributed by atoms with van der Waals surface area (Å²) in [6.07, 6.45) is 1.14. The summed E-state index contributed by atoms with van der Waals surface area (Å²) in [5.74, 6) is 0.882. The van der Waals surface area contributed by atoms with E-state index in [0.717, 1.165) is 25.3 Å². The number of ether oxygens (including phenoxy) is 1. The van der Waals surface area contributed by atoms with Crippen molar-refractivity contribution in [2.75, 3.05) is 41.3 Å². The predicted octanol–water partition coefficient (Wildman–Crippen LogP) is 1.97. The highest BCUT2D eigenvalue weighted by molar-refractivity contribution is 5.29. The minimum Gasteiger partial charge on any atom is -0.497 e. The molecule has 20 heavy (non-hydrogen) atoms. The molecule has 0 fully saturated rings. The molecule has 2 atom stereocenters. The highest BCUT2D eigenvalue weighted by Gasteiger charge is 2.20. The molecule has 0 spiro atoms. The van der Waals surface area contributed by atoms with E-state index in [2.05, 4.69) is 50.0 Å². The summed E-state index contributed by atoms with van der Waals surface area (Å²) in [7, 11) is 8.04. The molecule has 1 aromatic carbocycles. The van der Waals surface area contributed by atoms with Crippen molar-refractivity contribution in [3.63, 3.8) is 0 Å². The fourth-order valence-electron chi connectivity index (χ4n) is 2.54. The van der Waals surface area contributed by atoms with Gasteiger partial charge in [-0.1, -0.05) is 12.1 Å². The molecule has 4 heteroatoms. The molecule has 0 radical (unpaired) electrons. The Morgan fingerprint density at radius 3 is 2.15 bits per heavy atom. The van der Waals surface area contributed by atoms with Crippen LogP contribution in [0.4, 0.5) is 0 Å². The van der Waals surface area contributed by atoms with E-state index < -0.39 is 0 Å². The topological polar surface area (TPSA) is 41.7 Å². The van der Waals surface area contributed by atoms with E-state index in [1.807, 2.05) is 12.1 Å². The number of methoxy groups -OCH3 is 1. The third-order valence-corrected chi connectivity index (χ3v) is 3.55. The van der Waals surface area contributed by atoms with Crippen molar-refractivity contribution < 1.29 is 4.74 Å². The standard InChI is InChI=1S/C16H29N3O/c1-13(17)16(19(4)12-6-11-18(2)3)14-7-9-15(20-5)10-8-14/h7-10,13,16H,6,11-12,17H2,1-5H3. The van der Waals surface area contributed by atoms with Crippen LogP contribution in [0.5, 0.6) is 5.75 Å². The number of hydrogen-bond acceptors (Lipinski definition) is 4. The molecule has 0 heterocycles. The number of likely N-dealkylation sites (N-methyl/N-ethyl adjacent to an activating group) is 1. The number of benzene rings is 1. The zero-order valence-electron chi connectivity index (χ0n) is 13.5. The fraction of sp³-hybridized carbons (Fsp3) is 0.625. The van der Waals surface area contributed by atoms with Gasteiger partial charge in [-0.15, -0.1) is 0 Å². The van der Waals surface area contributed by atoms with E-state index >= 15 is 0 Å². The van der Waals surface area contributed by atoms with Crippen molar-refractivity contribution in [1.29, 1.82) is 0 Å². The van der Waals surface area contributed by atoms with Crippen molar-refractivity contribution in [3.8, 4) is 5.75 Å².